The van der Waals surface area contributed by atoms with Crippen molar-refractivity contribution in [1.82, 2.24) is 5.32 Å². The van der Waals surface area contributed by atoms with Crippen molar-refractivity contribution in [3.05, 3.63) is 29.8 Å². The molecule has 2 rings (SSSR count). The summed E-state index contributed by atoms with van der Waals surface area (Å²) in [6, 6.07) is 8.73. The van der Waals surface area contributed by atoms with Crippen molar-refractivity contribution in [3.8, 4) is 0 Å². The smallest absolute Gasteiger partial charge is 0.221 e. The average Bonchev–Trinajstić information content (AvgIpc) is 2.85. The van der Waals surface area contributed by atoms with E-state index in [4.69, 9.17) is 0 Å². The standard InChI is InChI=1S/C16H24N2OS/c1-3-20-16-6-4-5-15(16)17-11-13-7-9-14(10-8-13)18-12(2)19/h7-10,15-17H,3-6,11H2,1-2H3,(H,18,19). The molecule has 2 unspecified atom stereocenters. The summed E-state index contributed by atoms with van der Waals surface area (Å²) in [5, 5.41) is 7.25. The van der Waals surface area contributed by atoms with Crippen LogP contribution >= 0.6 is 11.8 Å². The summed E-state index contributed by atoms with van der Waals surface area (Å²) in [5.74, 6) is 1.18. The molecule has 0 saturated heterocycles. The lowest BCUT2D eigenvalue weighted by molar-refractivity contribution is -0.114. The van der Waals surface area contributed by atoms with Gasteiger partial charge in [-0.25, -0.2) is 0 Å². The zero-order chi connectivity index (χ0) is 14.4. The van der Waals surface area contributed by atoms with Crippen LogP contribution in [0.2, 0.25) is 0 Å². The fraction of sp³-hybridized carbons (Fsp3) is 0.562. The number of hydrogen-bond donors (Lipinski definition) is 2. The Morgan fingerprint density at radius 1 is 1.30 bits per heavy atom. The summed E-state index contributed by atoms with van der Waals surface area (Å²) < 4.78 is 0. The highest BCUT2D eigenvalue weighted by atomic mass is 32.2. The van der Waals surface area contributed by atoms with E-state index in [1.54, 1.807) is 0 Å². The van der Waals surface area contributed by atoms with E-state index in [1.165, 1.54) is 37.5 Å². The fourth-order valence-electron chi connectivity index (χ4n) is 2.73. The molecular formula is C16H24N2OS. The summed E-state index contributed by atoms with van der Waals surface area (Å²) >= 11 is 2.08. The Kier molecular flexibility index (Phi) is 5.92. The van der Waals surface area contributed by atoms with Crippen molar-refractivity contribution in [1.29, 1.82) is 0 Å². The number of hydrogen-bond acceptors (Lipinski definition) is 3. The predicted molar refractivity (Wildman–Crippen MR) is 87.1 cm³/mol. The second-order valence-corrected chi connectivity index (χ2v) is 6.81. The van der Waals surface area contributed by atoms with Crippen LogP contribution in [0.1, 0.15) is 38.7 Å². The Labute approximate surface area is 125 Å². The van der Waals surface area contributed by atoms with Gasteiger partial charge in [0.05, 0.1) is 0 Å². The van der Waals surface area contributed by atoms with Crippen LogP contribution in [0.5, 0.6) is 0 Å². The second kappa shape index (κ2) is 7.70. The zero-order valence-electron chi connectivity index (χ0n) is 12.3. The van der Waals surface area contributed by atoms with Crippen LogP contribution < -0.4 is 10.6 Å². The molecule has 3 nitrogen and oxygen atoms in total. The maximum atomic E-state index is 11.0. The van der Waals surface area contributed by atoms with Gasteiger partial charge >= 0.3 is 0 Å². The third kappa shape index (κ3) is 4.53. The van der Waals surface area contributed by atoms with Gasteiger partial charge in [0.1, 0.15) is 0 Å². The molecule has 0 spiro atoms. The van der Waals surface area contributed by atoms with Gasteiger partial charge in [0.2, 0.25) is 5.91 Å². The van der Waals surface area contributed by atoms with Gasteiger partial charge in [-0.2, -0.15) is 11.8 Å². The zero-order valence-corrected chi connectivity index (χ0v) is 13.1. The molecule has 2 N–H and O–H groups in total. The first-order valence-corrected chi connectivity index (χ1v) is 8.45. The van der Waals surface area contributed by atoms with Crippen molar-refractivity contribution in [3.63, 3.8) is 0 Å². The number of nitrogens with one attached hydrogen (secondary N) is 2. The lowest BCUT2D eigenvalue weighted by Crippen LogP contribution is -2.33. The van der Waals surface area contributed by atoms with E-state index >= 15 is 0 Å². The monoisotopic (exact) mass is 292 g/mol. The molecule has 1 aliphatic rings. The molecule has 0 aliphatic heterocycles. The molecule has 1 amide bonds. The van der Waals surface area contributed by atoms with Crippen LogP contribution in [0.4, 0.5) is 5.69 Å². The molecule has 0 aromatic heterocycles. The number of carbonyl (C=O) groups is 1. The molecule has 0 bridgehead atoms. The van der Waals surface area contributed by atoms with Gasteiger partial charge in [-0.15, -0.1) is 0 Å². The number of benzene rings is 1. The van der Waals surface area contributed by atoms with E-state index < -0.39 is 0 Å². The SMILES string of the molecule is CCSC1CCCC1NCc1ccc(NC(C)=O)cc1. The van der Waals surface area contributed by atoms with Gasteiger partial charge in [-0.3, -0.25) is 4.79 Å². The van der Waals surface area contributed by atoms with Crippen LogP contribution in [0, 0.1) is 0 Å². The van der Waals surface area contributed by atoms with E-state index in [0.29, 0.717) is 6.04 Å². The molecular weight excluding hydrogens is 268 g/mol. The minimum atomic E-state index is -0.0266. The summed E-state index contributed by atoms with van der Waals surface area (Å²) in [6.07, 6.45) is 3.98. The third-order valence-electron chi connectivity index (χ3n) is 3.68. The van der Waals surface area contributed by atoms with E-state index in [1.807, 2.05) is 12.1 Å². The van der Waals surface area contributed by atoms with Crippen LogP contribution in [0.3, 0.4) is 0 Å². The second-order valence-electron chi connectivity index (χ2n) is 5.29. The Bertz CT molecular complexity index is 433. The predicted octanol–water partition coefficient (Wildman–Crippen LogP) is 3.41. The highest BCUT2D eigenvalue weighted by Gasteiger charge is 2.26. The van der Waals surface area contributed by atoms with E-state index in [-0.39, 0.29) is 5.91 Å². The van der Waals surface area contributed by atoms with Gasteiger partial charge in [-0.1, -0.05) is 25.5 Å². The lowest BCUT2D eigenvalue weighted by Gasteiger charge is -2.20. The Morgan fingerprint density at radius 3 is 2.70 bits per heavy atom. The van der Waals surface area contributed by atoms with Gasteiger partial charge in [-0.05, 0) is 36.3 Å². The molecule has 2 atom stereocenters. The van der Waals surface area contributed by atoms with Crippen LogP contribution in [-0.4, -0.2) is 23.0 Å². The van der Waals surface area contributed by atoms with E-state index in [2.05, 4.69) is 41.5 Å². The lowest BCUT2D eigenvalue weighted by atomic mass is 10.1. The Balaban J connectivity index is 1.83. The summed E-state index contributed by atoms with van der Waals surface area (Å²) in [5.41, 5.74) is 2.13. The molecule has 1 fully saturated rings. The average molecular weight is 292 g/mol. The molecule has 1 aliphatic carbocycles. The minimum absolute atomic E-state index is 0.0266. The Morgan fingerprint density at radius 2 is 2.05 bits per heavy atom. The van der Waals surface area contributed by atoms with E-state index in [9.17, 15) is 4.79 Å². The maximum Gasteiger partial charge on any atom is 0.221 e. The molecule has 0 heterocycles. The number of thioether (sulfide) groups is 1. The minimum Gasteiger partial charge on any atom is -0.326 e. The molecule has 0 radical (unpaired) electrons. The molecule has 1 aromatic carbocycles. The van der Waals surface area contributed by atoms with Crippen molar-refractivity contribution in [2.45, 2.75) is 50.9 Å². The largest absolute Gasteiger partial charge is 0.326 e. The molecule has 4 heteroatoms. The van der Waals surface area contributed by atoms with Gasteiger partial charge in [0, 0.05) is 30.4 Å². The van der Waals surface area contributed by atoms with Crippen molar-refractivity contribution < 1.29 is 4.79 Å². The van der Waals surface area contributed by atoms with Crippen molar-refractivity contribution >= 4 is 23.4 Å². The fourth-order valence-corrected chi connectivity index (χ4v) is 3.96. The maximum absolute atomic E-state index is 11.0. The number of rotatable bonds is 6. The summed E-state index contributed by atoms with van der Waals surface area (Å²) in [4.78, 5) is 11.0. The molecule has 1 saturated carbocycles. The number of carbonyl (C=O) groups excluding carboxylic acids is 1. The molecule has 20 heavy (non-hydrogen) atoms. The first-order chi connectivity index (χ1) is 9.69. The number of amides is 1. The number of anilines is 1. The topological polar surface area (TPSA) is 41.1 Å². The van der Waals surface area contributed by atoms with Gasteiger partial charge < -0.3 is 10.6 Å². The van der Waals surface area contributed by atoms with Gasteiger partial charge in [0.15, 0.2) is 0 Å². The summed E-state index contributed by atoms with van der Waals surface area (Å²) in [7, 11) is 0. The van der Waals surface area contributed by atoms with Crippen molar-refractivity contribution in [2.24, 2.45) is 0 Å². The first kappa shape index (κ1) is 15.4. The quantitative estimate of drug-likeness (QED) is 0.844. The molecule has 110 valence electrons. The third-order valence-corrected chi connectivity index (χ3v) is 5.00. The highest BCUT2D eigenvalue weighted by Crippen LogP contribution is 2.30. The van der Waals surface area contributed by atoms with Crippen molar-refractivity contribution in [2.75, 3.05) is 11.1 Å². The van der Waals surface area contributed by atoms with Crippen LogP contribution in [0.15, 0.2) is 24.3 Å². The van der Waals surface area contributed by atoms with E-state index in [0.717, 1.165) is 17.5 Å². The van der Waals surface area contributed by atoms with Crippen LogP contribution in [-0.2, 0) is 11.3 Å². The Hall–Kier alpha value is -1.00. The highest BCUT2D eigenvalue weighted by molar-refractivity contribution is 7.99. The van der Waals surface area contributed by atoms with Gasteiger partial charge in [0.25, 0.3) is 0 Å². The normalized spacial score (nSPS) is 21.9. The summed E-state index contributed by atoms with van der Waals surface area (Å²) in [6.45, 7) is 4.67. The first-order valence-electron chi connectivity index (χ1n) is 7.40. The van der Waals surface area contributed by atoms with Crippen LogP contribution in [0.25, 0.3) is 0 Å². The molecule has 1 aromatic rings.